The Morgan fingerprint density at radius 2 is 2.21 bits per heavy atom. The molecule has 1 saturated heterocycles. The largest absolute Gasteiger partial charge is 0.476 e. The van der Waals surface area contributed by atoms with Crippen LogP contribution >= 0.6 is 23.1 Å². The Hall–Kier alpha value is -2.43. The summed E-state index contributed by atoms with van der Waals surface area (Å²) in [5, 5.41) is 10.5. The zero-order valence-electron chi connectivity index (χ0n) is 15.8. The van der Waals surface area contributed by atoms with Crippen molar-refractivity contribution in [3.8, 4) is 0 Å². The molecule has 1 aromatic carbocycles. The van der Waals surface area contributed by atoms with Gasteiger partial charge in [-0.15, -0.1) is 11.3 Å². The number of likely N-dealkylation sites (tertiary alicyclic amines) is 1. The number of nitrogens with two attached hydrogens (primary N) is 1. The number of imidazole rings is 1. The van der Waals surface area contributed by atoms with Gasteiger partial charge in [0, 0.05) is 31.1 Å². The molecule has 1 unspecified atom stereocenters. The summed E-state index contributed by atoms with van der Waals surface area (Å²) in [5.41, 5.74) is 8.54. The lowest BCUT2D eigenvalue weighted by molar-refractivity contribution is -0.128. The number of nitrogens with zero attached hydrogens (tertiary/aromatic N) is 4. The van der Waals surface area contributed by atoms with Gasteiger partial charge < -0.3 is 20.3 Å². The summed E-state index contributed by atoms with van der Waals surface area (Å²) < 4.78 is 2.68. The van der Waals surface area contributed by atoms with E-state index >= 15 is 0 Å². The molecule has 10 heteroatoms. The fraction of sp³-hybridized carbons (Fsp3) is 0.368. The summed E-state index contributed by atoms with van der Waals surface area (Å²) in [6.45, 7) is 0.536. The van der Waals surface area contributed by atoms with Gasteiger partial charge in [-0.1, -0.05) is 23.9 Å². The standard InChI is InChI=1S/C19H21N5O3S2/c1-23-13-5-3-2-4-11(13)21-17(23)16(20)14-6-7-15(25)24(14)8-9-28-19-22-12(10-29-19)18(26)27/h2-5,10,14,16H,6-9,20H2,1H3,(H,26,27)/t14-,16?/m1/s1. The number of amides is 1. The molecule has 2 atom stereocenters. The Balaban J connectivity index is 1.45. The van der Waals surface area contributed by atoms with Crippen LogP contribution in [0.15, 0.2) is 34.0 Å². The molecule has 0 aliphatic carbocycles. The van der Waals surface area contributed by atoms with Crippen LogP contribution in [-0.2, 0) is 11.8 Å². The normalized spacial score (nSPS) is 17.9. The van der Waals surface area contributed by atoms with Crippen molar-refractivity contribution in [1.29, 1.82) is 0 Å². The minimum atomic E-state index is -1.03. The molecule has 152 valence electrons. The lowest BCUT2D eigenvalue weighted by atomic mass is 10.1. The minimum Gasteiger partial charge on any atom is -0.476 e. The molecule has 0 radical (unpaired) electrons. The number of fused-ring (bicyclic) bond motifs is 1. The summed E-state index contributed by atoms with van der Waals surface area (Å²) in [7, 11) is 1.95. The first kappa shape index (κ1) is 19.9. The van der Waals surface area contributed by atoms with E-state index in [1.165, 1.54) is 28.5 Å². The number of thiazole rings is 1. The number of rotatable bonds is 7. The first-order chi connectivity index (χ1) is 14.0. The van der Waals surface area contributed by atoms with E-state index in [1.807, 2.05) is 40.8 Å². The van der Waals surface area contributed by atoms with Gasteiger partial charge in [-0.05, 0) is 18.6 Å². The number of hydrogen-bond acceptors (Lipinski definition) is 7. The molecule has 3 heterocycles. The number of para-hydroxylation sites is 2. The second-order valence-corrected chi connectivity index (χ2v) is 9.09. The Kier molecular flexibility index (Phi) is 5.57. The molecule has 0 saturated carbocycles. The van der Waals surface area contributed by atoms with E-state index in [0.29, 0.717) is 29.5 Å². The van der Waals surface area contributed by atoms with Crippen molar-refractivity contribution in [2.75, 3.05) is 12.3 Å². The van der Waals surface area contributed by atoms with Crippen LogP contribution in [0.4, 0.5) is 0 Å². The van der Waals surface area contributed by atoms with Crippen molar-refractivity contribution in [3.05, 3.63) is 41.2 Å². The van der Waals surface area contributed by atoms with Gasteiger partial charge in [0.1, 0.15) is 5.82 Å². The number of thioether (sulfide) groups is 1. The van der Waals surface area contributed by atoms with Gasteiger partial charge in [0.15, 0.2) is 10.0 Å². The number of aromatic nitrogens is 3. The Labute approximate surface area is 175 Å². The third-order valence-electron chi connectivity index (χ3n) is 5.17. The molecular weight excluding hydrogens is 410 g/mol. The second-order valence-electron chi connectivity index (χ2n) is 6.89. The van der Waals surface area contributed by atoms with Crippen LogP contribution in [0.3, 0.4) is 0 Å². The Bertz CT molecular complexity index is 1060. The van der Waals surface area contributed by atoms with Gasteiger partial charge in [0.25, 0.3) is 0 Å². The Morgan fingerprint density at radius 3 is 2.93 bits per heavy atom. The number of carbonyl (C=O) groups is 2. The van der Waals surface area contributed by atoms with Gasteiger partial charge >= 0.3 is 5.97 Å². The molecule has 29 heavy (non-hydrogen) atoms. The summed E-state index contributed by atoms with van der Waals surface area (Å²) in [6, 6.07) is 7.40. The molecule has 1 aliphatic heterocycles. The molecule has 8 nitrogen and oxygen atoms in total. The van der Waals surface area contributed by atoms with E-state index in [9.17, 15) is 9.59 Å². The van der Waals surface area contributed by atoms with E-state index in [0.717, 1.165) is 16.9 Å². The fourth-order valence-electron chi connectivity index (χ4n) is 3.71. The number of aromatic carboxylic acids is 1. The summed E-state index contributed by atoms with van der Waals surface area (Å²) in [5.74, 6) is 0.463. The summed E-state index contributed by atoms with van der Waals surface area (Å²) >= 11 is 2.75. The summed E-state index contributed by atoms with van der Waals surface area (Å²) in [6.07, 6.45) is 1.18. The SMILES string of the molecule is Cn1c(C(N)[C@H]2CCC(=O)N2CCSc2nc(C(=O)O)cs2)nc2ccccc21. The van der Waals surface area contributed by atoms with E-state index in [4.69, 9.17) is 15.8 Å². The van der Waals surface area contributed by atoms with Crippen molar-refractivity contribution >= 4 is 46.0 Å². The third kappa shape index (κ3) is 3.87. The molecule has 0 bridgehead atoms. The van der Waals surface area contributed by atoms with Gasteiger partial charge in [-0.2, -0.15) is 0 Å². The number of hydrogen-bond donors (Lipinski definition) is 2. The highest BCUT2D eigenvalue weighted by Gasteiger charge is 2.37. The van der Waals surface area contributed by atoms with Crippen LogP contribution < -0.4 is 5.73 Å². The minimum absolute atomic E-state index is 0.0523. The van der Waals surface area contributed by atoms with Gasteiger partial charge in [-0.3, -0.25) is 4.79 Å². The van der Waals surface area contributed by atoms with Crippen LogP contribution in [0, 0.1) is 0 Å². The van der Waals surface area contributed by atoms with Crippen molar-refractivity contribution in [2.45, 2.75) is 29.3 Å². The second kappa shape index (κ2) is 8.13. The van der Waals surface area contributed by atoms with Gasteiger partial charge in [-0.25, -0.2) is 14.8 Å². The fourth-order valence-corrected chi connectivity index (χ4v) is 5.52. The quantitative estimate of drug-likeness (QED) is 0.552. The van der Waals surface area contributed by atoms with Crippen LogP contribution in [0.2, 0.25) is 0 Å². The summed E-state index contributed by atoms with van der Waals surface area (Å²) in [4.78, 5) is 34.0. The van der Waals surface area contributed by atoms with Crippen LogP contribution in [0.5, 0.6) is 0 Å². The van der Waals surface area contributed by atoms with Crippen molar-refractivity contribution in [1.82, 2.24) is 19.4 Å². The average Bonchev–Trinajstić information content (AvgIpc) is 3.40. The molecule has 1 amide bonds. The van der Waals surface area contributed by atoms with Crippen molar-refractivity contribution in [3.63, 3.8) is 0 Å². The maximum Gasteiger partial charge on any atom is 0.355 e. The lowest BCUT2D eigenvalue weighted by Gasteiger charge is -2.29. The van der Waals surface area contributed by atoms with Crippen LogP contribution in [0.25, 0.3) is 11.0 Å². The van der Waals surface area contributed by atoms with E-state index in [-0.39, 0.29) is 23.7 Å². The highest BCUT2D eigenvalue weighted by atomic mass is 32.2. The highest BCUT2D eigenvalue weighted by molar-refractivity contribution is 8.01. The first-order valence-electron chi connectivity index (χ1n) is 9.23. The Morgan fingerprint density at radius 1 is 1.41 bits per heavy atom. The molecular formula is C19H21N5O3S2. The monoisotopic (exact) mass is 431 g/mol. The van der Waals surface area contributed by atoms with Crippen molar-refractivity contribution in [2.24, 2.45) is 12.8 Å². The van der Waals surface area contributed by atoms with E-state index in [1.54, 1.807) is 0 Å². The number of carboxylic acid groups (broad SMARTS) is 1. The number of carbonyl (C=O) groups excluding carboxylic acids is 1. The maximum absolute atomic E-state index is 12.5. The lowest BCUT2D eigenvalue weighted by Crippen LogP contribution is -2.42. The molecule has 2 aromatic heterocycles. The predicted molar refractivity (Wildman–Crippen MR) is 112 cm³/mol. The molecule has 4 rings (SSSR count). The van der Waals surface area contributed by atoms with Gasteiger partial charge in [0.05, 0.1) is 23.1 Å². The smallest absolute Gasteiger partial charge is 0.355 e. The maximum atomic E-state index is 12.5. The van der Waals surface area contributed by atoms with Crippen molar-refractivity contribution < 1.29 is 14.7 Å². The number of carboxylic acids is 1. The van der Waals surface area contributed by atoms with Crippen LogP contribution in [0.1, 0.15) is 35.2 Å². The van der Waals surface area contributed by atoms with E-state index in [2.05, 4.69) is 4.98 Å². The highest BCUT2D eigenvalue weighted by Crippen LogP contribution is 2.31. The zero-order chi connectivity index (χ0) is 20.5. The molecule has 3 N–H and O–H groups in total. The molecule has 1 aliphatic rings. The topological polar surface area (TPSA) is 114 Å². The molecule has 0 spiro atoms. The third-order valence-corrected chi connectivity index (χ3v) is 7.17. The predicted octanol–water partition coefficient (Wildman–Crippen LogP) is 2.51. The molecule has 3 aromatic rings. The van der Waals surface area contributed by atoms with Gasteiger partial charge in [0.2, 0.25) is 5.91 Å². The zero-order valence-corrected chi connectivity index (χ0v) is 17.4. The number of aryl methyl sites for hydroxylation is 1. The van der Waals surface area contributed by atoms with Crippen LogP contribution in [-0.4, -0.2) is 54.8 Å². The molecule has 1 fully saturated rings. The number of benzene rings is 1. The first-order valence-corrected chi connectivity index (χ1v) is 11.1. The van der Waals surface area contributed by atoms with E-state index < -0.39 is 5.97 Å². The average molecular weight is 432 g/mol.